The predicted molar refractivity (Wildman–Crippen MR) is 257 cm³/mol. The number of piperidine rings is 1. The molecule has 3 fully saturated rings. The standard InChI is InChI=1S/C53H85NO14/c1-32-16-12-11-13-17-33(2)44(63-8)30-40-21-19-38(7)53(62,68-40)50(59)51(60)54-23-15-14-18-41(54)52(61)67-45(35(4)28-39-20-22-43(66-25-24-55)46(29-39)64-9)31-42(56)34(3)27-37(6)48(58)49(65-10)47(57)36(5)26-32/h11-13,16-17,27,32,34-36,38-41,43-46,48-49,51,55,58,60,62H,14-15,18-26,28-31H2,1-10H3/b13-11?,16-12+,33-17?,37-27+/t32-,34-,35-,36-,38-,39+,40+,41+,43-,44+,45+,46-,48-,49+,51?,53-/m1/s1. The highest BCUT2D eigenvalue weighted by Gasteiger charge is 2.53. The molecule has 1 saturated carbocycles. The number of carbonyl (C=O) groups is 4. The molecule has 1 unspecified atom stereocenters. The molecule has 2 bridgehead atoms. The molecule has 0 spiro atoms. The van der Waals surface area contributed by atoms with Crippen molar-refractivity contribution >= 4 is 23.3 Å². The molecular formula is C53H85NO14. The van der Waals surface area contributed by atoms with Crippen molar-refractivity contribution in [2.45, 2.75) is 186 Å². The number of allylic oxidation sites excluding steroid dienone is 6. The van der Waals surface area contributed by atoms with E-state index >= 15 is 0 Å². The van der Waals surface area contributed by atoms with Gasteiger partial charge in [-0.25, -0.2) is 0 Å². The molecule has 4 aliphatic rings. The number of cyclic esters (lactones) is 1. The van der Waals surface area contributed by atoms with Gasteiger partial charge in [0.05, 0.1) is 37.6 Å². The van der Waals surface area contributed by atoms with E-state index < -0.39 is 78.1 Å². The first kappa shape index (κ1) is 57.6. The Bertz CT molecular complexity index is 1760. The van der Waals surface area contributed by atoms with E-state index in [9.17, 15) is 39.6 Å². The van der Waals surface area contributed by atoms with Gasteiger partial charge in [-0.15, -0.1) is 0 Å². The molecule has 0 radical (unpaired) electrons. The van der Waals surface area contributed by atoms with Crippen LogP contribution in [0.1, 0.15) is 126 Å². The number of esters is 1. The van der Waals surface area contributed by atoms with Crippen molar-refractivity contribution < 1.29 is 68.0 Å². The first-order valence-corrected chi connectivity index (χ1v) is 25.1. The van der Waals surface area contributed by atoms with Crippen LogP contribution in [0.3, 0.4) is 0 Å². The van der Waals surface area contributed by atoms with Crippen LogP contribution in [0.5, 0.6) is 0 Å². The lowest BCUT2D eigenvalue weighted by Crippen LogP contribution is -2.62. The van der Waals surface area contributed by atoms with Crippen LogP contribution < -0.4 is 0 Å². The molecule has 15 heteroatoms. The number of Topliss-reactive ketones (excluding diaryl/α,β-unsaturated/α-hetero) is 3. The van der Waals surface area contributed by atoms with Crippen molar-refractivity contribution in [3.8, 4) is 0 Å². The van der Waals surface area contributed by atoms with Crippen LogP contribution in [-0.2, 0) is 47.6 Å². The van der Waals surface area contributed by atoms with E-state index in [0.29, 0.717) is 63.4 Å². The molecule has 386 valence electrons. The number of carbonyl (C=O) groups excluding carboxylic acids is 4. The van der Waals surface area contributed by atoms with Crippen LogP contribution >= 0.6 is 0 Å². The number of methoxy groups -OCH3 is 3. The van der Waals surface area contributed by atoms with Crippen LogP contribution in [0.15, 0.2) is 47.6 Å². The molecule has 3 aliphatic heterocycles. The van der Waals surface area contributed by atoms with Gasteiger partial charge in [-0.3, -0.25) is 24.1 Å². The third-order valence-corrected chi connectivity index (χ3v) is 15.0. The maximum atomic E-state index is 14.5. The summed E-state index contributed by atoms with van der Waals surface area (Å²) in [7, 11) is 4.61. The lowest BCUT2D eigenvalue weighted by Gasteiger charge is -2.45. The molecule has 1 aliphatic carbocycles. The highest BCUT2D eigenvalue weighted by atomic mass is 16.6. The topological polar surface area (TPSA) is 208 Å². The van der Waals surface area contributed by atoms with Crippen LogP contribution in [0, 0.1) is 35.5 Å². The minimum absolute atomic E-state index is 0.0219. The van der Waals surface area contributed by atoms with Crippen molar-refractivity contribution in [3.63, 3.8) is 0 Å². The molecule has 0 aromatic heterocycles. The maximum absolute atomic E-state index is 14.5. The van der Waals surface area contributed by atoms with Gasteiger partial charge in [0.1, 0.15) is 30.1 Å². The molecule has 0 aromatic carbocycles. The fourth-order valence-electron chi connectivity index (χ4n) is 10.6. The SMILES string of the molecule is CO[C@H]1C[C@@H]2CC[C@@H](C)[C@@](O)(O2)C(=O)C(O)N2CCCC[C@H]2C(=O)O[C@H]([C@H](C)C[C@@H]2CC[C@@H](OCCO)[C@H](OC)C2)CC(=O)[C@H](C)/C=C(\C)[C@@H](O)[C@@H](OC)C(=O)[C@H](C)C[C@H](C)/C=C/C=CC=C1C. The molecule has 0 amide bonds. The number of aliphatic hydroxyl groups excluding tert-OH is 3. The van der Waals surface area contributed by atoms with E-state index in [2.05, 4.69) is 0 Å². The Hall–Kier alpha value is -2.96. The summed E-state index contributed by atoms with van der Waals surface area (Å²) < 4.78 is 35.7. The lowest BCUT2D eigenvalue weighted by atomic mass is 9.78. The zero-order valence-electron chi connectivity index (χ0n) is 42.5. The smallest absolute Gasteiger partial charge is 0.323 e. The molecule has 2 saturated heterocycles. The average Bonchev–Trinajstić information content (AvgIpc) is 3.32. The Morgan fingerprint density at radius 3 is 2.26 bits per heavy atom. The summed E-state index contributed by atoms with van der Waals surface area (Å²) in [5.74, 6) is -6.43. The number of rotatable bonds is 9. The second-order valence-electron chi connectivity index (χ2n) is 20.3. The number of hydrogen-bond acceptors (Lipinski definition) is 15. The zero-order chi connectivity index (χ0) is 50.3. The lowest BCUT2D eigenvalue weighted by molar-refractivity contribution is -0.275. The largest absolute Gasteiger partial charge is 0.460 e. The Morgan fingerprint density at radius 2 is 1.59 bits per heavy atom. The number of ketones is 3. The second-order valence-corrected chi connectivity index (χ2v) is 20.3. The van der Waals surface area contributed by atoms with Gasteiger partial charge in [0.25, 0.3) is 0 Å². The Kier molecular flexibility index (Phi) is 23.4. The number of hydrogen-bond donors (Lipinski definition) is 4. The summed E-state index contributed by atoms with van der Waals surface area (Å²) in [6.07, 6.45) is 10.6. The van der Waals surface area contributed by atoms with Crippen molar-refractivity contribution in [2.75, 3.05) is 41.1 Å². The first-order chi connectivity index (χ1) is 32.3. The van der Waals surface area contributed by atoms with Crippen LogP contribution in [0.25, 0.3) is 0 Å². The Morgan fingerprint density at radius 1 is 0.853 bits per heavy atom. The van der Waals surface area contributed by atoms with Gasteiger partial charge in [0.15, 0.2) is 12.0 Å². The van der Waals surface area contributed by atoms with E-state index in [-0.39, 0.29) is 74.1 Å². The minimum atomic E-state index is -2.33. The highest BCUT2D eigenvalue weighted by Crippen LogP contribution is 2.38. The normalized spacial score (nSPS) is 39.3. The summed E-state index contributed by atoms with van der Waals surface area (Å²) in [4.78, 5) is 58.2. The van der Waals surface area contributed by atoms with Gasteiger partial charge in [-0.2, -0.15) is 0 Å². The highest BCUT2D eigenvalue weighted by molar-refractivity contribution is 5.90. The summed E-state index contributed by atoms with van der Waals surface area (Å²) in [5.41, 5.74) is 1.29. The van der Waals surface area contributed by atoms with E-state index in [0.717, 1.165) is 12.0 Å². The number of nitrogens with zero attached hydrogens (tertiary/aromatic N) is 1. The third-order valence-electron chi connectivity index (χ3n) is 15.0. The number of ether oxygens (including phenoxy) is 6. The van der Waals surface area contributed by atoms with E-state index in [4.69, 9.17) is 28.4 Å². The zero-order valence-corrected chi connectivity index (χ0v) is 42.5. The molecule has 0 aromatic rings. The molecular weight excluding hydrogens is 875 g/mol. The minimum Gasteiger partial charge on any atom is -0.460 e. The Labute approximate surface area is 405 Å². The summed E-state index contributed by atoms with van der Waals surface area (Å²) >= 11 is 0. The van der Waals surface area contributed by atoms with Gasteiger partial charge in [-0.05, 0) is 101 Å². The third kappa shape index (κ3) is 15.5. The van der Waals surface area contributed by atoms with Crippen LogP contribution in [0.4, 0.5) is 0 Å². The molecule has 4 N–H and O–H groups in total. The second kappa shape index (κ2) is 27.6. The molecule has 68 heavy (non-hydrogen) atoms. The number of fused-ring (bicyclic) bond motifs is 3. The number of aliphatic hydroxyl groups is 4. The van der Waals surface area contributed by atoms with Gasteiger partial charge in [-0.1, -0.05) is 77.5 Å². The molecule has 4 rings (SSSR count). The fraction of sp³-hybridized carbons (Fsp3) is 0.774. The quantitative estimate of drug-likeness (QED) is 0.155. The van der Waals surface area contributed by atoms with Gasteiger partial charge in [0, 0.05) is 58.5 Å². The van der Waals surface area contributed by atoms with E-state index in [1.54, 1.807) is 41.1 Å². The van der Waals surface area contributed by atoms with Crippen LogP contribution in [-0.4, -0.2) is 151 Å². The van der Waals surface area contributed by atoms with Crippen molar-refractivity contribution in [2.24, 2.45) is 35.5 Å². The predicted octanol–water partition coefficient (Wildman–Crippen LogP) is 5.99. The van der Waals surface area contributed by atoms with Gasteiger partial charge >= 0.3 is 5.97 Å². The Balaban J connectivity index is 1.69. The molecule has 15 nitrogen and oxygen atoms in total. The van der Waals surface area contributed by atoms with Crippen LogP contribution in [0.2, 0.25) is 0 Å². The molecule has 16 atom stereocenters. The average molecular weight is 960 g/mol. The molecule has 3 heterocycles. The van der Waals surface area contributed by atoms with Gasteiger partial charge in [0.2, 0.25) is 11.6 Å². The summed E-state index contributed by atoms with van der Waals surface area (Å²) in [5, 5.41) is 44.7. The maximum Gasteiger partial charge on any atom is 0.323 e. The van der Waals surface area contributed by atoms with E-state index in [1.807, 2.05) is 58.1 Å². The summed E-state index contributed by atoms with van der Waals surface area (Å²) in [6.45, 7) is 13.1. The van der Waals surface area contributed by atoms with Crippen molar-refractivity contribution in [3.05, 3.63) is 47.6 Å². The van der Waals surface area contributed by atoms with E-state index in [1.165, 1.54) is 12.0 Å². The monoisotopic (exact) mass is 960 g/mol. The van der Waals surface area contributed by atoms with Gasteiger partial charge < -0.3 is 48.8 Å². The summed E-state index contributed by atoms with van der Waals surface area (Å²) in [6, 6.07) is -1.05. The first-order valence-electron chi connectivity index (χ1n) is 25.1. The fourth-order valence-corrected chi connectivity index (χ4v) is 10.6. The van der Waals surface area contributed by atoms with Crippen molar-refractivity contribution in [1.82, 2.24) is 4.90 Å². The van der Waals surface area contributed by atoms with Crippen molar-refractivity contribution in [1.29, 1.82) is 0 Å².